The van der Waals surface area contributed by atoms with Crippen molar-refractivity contribution in [2.24, 2.45) is 5.92 Å². The number of carbonyl (C=O) groups is 1. The third-order valence-electron chi connectivity index (χ3n) is 5.97. The van der Waals surface area contributed by atoms with Crippen LogP contribution in [-0.2, 0) is 37.9 Å². The third kappa shape index (κ3) is 4.81. The molecule has 1 fully saturated rings. The van der Waals surface area contributed by atoms with E-state index in [2.05, 4.69) is 35.8 Å². The summed E-state index contributed by atoms with van der Waals surface area (Å²) >= 11 is 0. The van der Waals surface area contributed by atoms with E-state index in [1.807, 2.05) is 6.07 Å². The van der Waals surface area contributed by atoms with E-state index < -0.39 is 10.0 Å². The fraction of sp³-hybridized carbons (Fsp3) is 0.522. The lowest BCUT2D eigenvalue weighted by Gasteiger charge is -2.26. The van der Waals surface area contributed by atoms with E-state index >= 15 is 0 Å². The Morgan fingerprint density at radius 1 is 1.24 bits per heavy atom. The number of benzene rings is 1. The first-order valence-electron chi connectivity index (χ1n) is 11.2. The van der Waals surface area contributed by atoms with E-state index in [4.69, 9.17) is 9.72 Å². The zero-order valence-corrected chi connectivity index (χ0v) is 20.4. The Hall–Kier alpha value is -2.72. The highest BCUT2D eigenvalue weighted by molar-refractivity contribution is 7.89. The average Bonchev–Trinajstić information content (AvgIpc) is 3.39. The minimum Gasteiger partial charge on any atom is -0.381 e. The van der Waals surface area contributed by atoms with Crippen LogP contribution in [0, 0.1) is 5.92 Å². The van der Waals surface area contributed by atoms with Crippen LogP contribution in [0.3, 0.4) is 0 Å². The molecule has 4 rings (SSSR count). The highest BCUT2D eigenvalue weighted by Crippen LogP contribution is 2.30. The Bertz CT molecular complexity index is 1260. The molecule has 0 spiro atoms. The number of ether oxygens (including phenoxy) is 1. The number of aromatic nitrogens is 4. The molecule has 178 valence electrons. The predicted molar refractivity (Wildman–Crippen MR) is 125 cm³/mol. The second-order valence-electron chi connectivity index (χ2n) is 9.58. The largest absolute Gasteiger partial charge is 0.381 e. The van der Waals surface area contributed by atoms with Gasteiger partial charge in [-0.05, 0) is 37.0 Å². The summed E-state index contributed by atoms with van der Waals surface area (Å²) in [5.41, 5.74) is 1.90. The van der Waals surface area contributed by atoms with Crippen molar-refractivity contribution < 1.29 is 17.9 Å². The molecule has 0 aliphatic carbocycles. The number of hydrogen-bond acceptors (Lipinski definition) is 6. The second-order valence-corrected chi connectivity index (χ2v) is 11.4. The van der Waals surface area contributed by atoms with Crippen LogP contribution in [0.15, 0.2) is 35.5 Å². The lowest BCUT2D eigenvalue weighted by molar-refractivity contribution is -0.119. The lowest BCUT2D eigenvalue weighted by atomic mass is 9.94. The van der Waals surface area contributed by atoms with Crippen molar-refractivity contribution >= 4 is 27.0 Å². The summed E-state index contributed by atoms with van der Waals surface area (Å²) in [5, 5.41) is 6.50. The summed E-state index contributed by atoms with van der Waals surface area (Å²) < 4.78 is 35.1. The summed E-state index contributed by atoms with van der Waals surface area (Å²) in [7, 11) is -2.38. The molecule has 0 saturated carbocycles. The van der Waals surface area contributed by atoms with Gasteiger partial charge in [-0.3, -0.25) is 4.79 Å². The fourth-order valence-electron chi connectivity index (χ4n) is 4.16. The molecule has 1 aliphatic rings. The van der Waals surface area contributed by atoms with Crippen molar-refractivity contribution in [3.05, 3.63) is 42.0 Å². The van der Waals surface area contributed by atoms with Crippen molar-refractivity contribution in [1.82, 2.24) is 24.1 Å². The van der Waals surface area contributed by atoms with Crippen LogP contribution in [0.2, 0.25) is 0 Å². The van der Waals surface area contributed by atoms with Gasteiger partial charge in [0, 0.05) is 44.0 Å². The number of fused-ring (bicyclic) bond motifs is 1. The number of rotatable bonds is 6. The van der Waals surface area contributed by atoms with Gasteiger partial charge in [0.25, 0.3) is 10.0 Å². The Morgan fingerprint density at radius 3 is 2.64 bits per heavy atom. The highest BCUT2D eigenvalue weighted by Gasteiger charge is 2.27. The van der Waals surface area contributed by atoms with Gasteiger partial charge in [-0.1, -0.05) is 20.8 Å². The standard InChI is InChI=1S/C23H31N5O4S/c1-23(2,3)22-26-19-12-18(5-6-20(19)27(22)14-16-7-9-32-10-8-16)33(30,31)28-15-17(13-25-28)11-21(29)24-4/h5-6,12-13,15-16H,7-11,14H2,1-4H3,(H,24,29). The first kappa shape index (κ1) is 23.4. The van der Waals surface area contributed by atoms with Gasteiger partial charge in [0.1, 0.15) is 5.82 Å². The van der Waals surface area contributed by atoms with Crippen LogP contribution in [0.25, 0.3) is 11.0 Å². The molecule has 9 nitrogen and oxygen atoms in total. The monoisotopic (exact) mass is 473 g/mol. The number of nitrogens with one attached hydrogen (secondary N) is 1. The average molecular weight is 474 g/mol. The Morgan fingerprint density at radius 2 is 1.97 bits per heavy atom. The van der Waals surface area contributed by atoms with Crippen LogP contribution in [0.1, 0.15) is 45.0 Å². The molecule has 2 aromatic heterocycles. The number of nitrogens with zero attached hydrogens (tertiary/aromatic N) is 4. The number of hydrogen-bond donors (Lipinski definition) is 1. The fourth-order valence-corrected chi connectivity index (χ4v) is 5.32. The summed E-state index contributed by atoms with van der Waals surface area (Å²) in [6.07, 6.45) is 4.85. The van der Waals surface area contributed by atoms with Crippen molar-refractivity contribution in [2.75, 3.05) is 20.3 Å². The van der Waals surface area contributed by atoms with Crippen LogP contribution in [0.5, 0.6) is 0 Å². The minimum absolute atomic E-state index is 0.0661. The van der Waals surface area contributed by atoms with Gasteiger partial charge in [-0.2, -0.15) is 17.6 Å². The molecule has 0 unspecified atom stereocenters. The van der Waals surface area contributed by atoms with Crippen molar-refractivity contribution in [3.8, 4) is 0 Å². The summed E-state index contributed by atoms with van der Waals surface area (Å²) in [6.45, 7) is 8.73. The molecule has 33 heavy (non-hydrogen) atoms. The van der Waals surface area contributed by atoms with Gasteiger partial charge < -0.3 is 14.6 Å². The summed E-state index contributed by atoms with van der Waals surface area (Å²) in [4.78, 5) is 16.6. The maximum absolute atomic E-state index is 13.2. The van der Waals surface area contributed by atoms with E-state index in [0.717, 1.165) is 48.0 Å². The van der Waals surface area contributed by atoms with Crippen LogP contribution in [0.4, 0.5) is 0 Å². The SMILES string of the molecule is CNC(=O)Cc1cnn(S(=O)(=O)c2ccc3c(c2)nc(C(C)(C)C)n3CC2CCOCC2)c1. The van der Waals surface area contributed by atoms with Crippen molar-refractivity contribution in [1.29, 1.82) is 0 Å². The molecule has 0 radical (unpaired) electrons. The molecule has 1 aliphatic heterocycles. The Balaban J connectivity index is 1.71. The van der Waals surface area contributed by atoms with Crippen LogP contribution in [-0.4, -0.2) is 53.3 Å². The number of likely N-dealkylation sites (N-methyl/N-ethyl adjacent to an activating group) is 1. The minimum atomic E-state index is -3.91. The van der Waals surface area contributed by atoms with Gasteiger partial charge in [0.15, 0.2) is 0 Å². The van der Waals surface area contributed by atoms with E-state index in [0.29, 0.717) is 17.0 Å². The normalized spacial score (nSPS) is 15.8. The first-order valence-corrected chi connectivity index (χ1v) is 12.6. The van der Waals surface area contributed by atoms with E-state index in [1.54, 1.807) is 12.1 Å². The van der Waals surface area contributed by atoms with Gasteiger partial charge in [0.2, 0.25) is 5.91 Å². The molecule has 10 heteroatoms. The smallest absolute Gasteiger partial charge is 0.283 e. The van der Waals surface area contributed by atoms with Crippen molar-refractivity contribution in [2.45, 2.75) is 56.9 Å². The first-order chi connectivity index (χ1) is 15.6. The highest BCUT2D eigenvalue weighted by atomic mass is 32.2. The van der Waals surface area contributed by atoms with Gasteiger partial charge in [-0.25, -0.2) is 4.98 Å². The molecular formula is C23H31N5O4S. The number of carbonyl (C=O) groups excluding carboxylic acids is 1. The maximum Gasteiger partial charge on any atom is 0.283 e. The second kappa shape index (κ2) is 8.90. The molecule has 0 atom stereocenters. The molecular weight excluding hydrogens is 442 g/mol. The lowest BCUT2D eigenvalue weighted by Crippen LogP contribution is -2.25. The third-order valence-corrected chi connectivity index (χ3v) is 7.52. The van der Waals surface area contributed by atoms with E-state index in [9.17, 15) is 13.2 Å². The molecule has 3 heterocycles. The molecule has 3 aromatic rings. The molecule has 1 N–H and O–H groups in total. The van der Waals surface area contributed by atoms with E-state index in [1.165, 1.54) is 19.4 Å². The maximum atomic E-state index is 13.2. The topological polar surface area (TPSA) is 108 Å². The number of amides is 1. The Labute approximate surface area is 194 Å². The van der Waals surface area contributed by atoms with Crippen LogP contribution < -0.4 is 5.32 Å². The zero-order valence-electron chi connectivity index (χ0n) is 19.5. The van der Waals surface area contributed by atoms with Gasteiger partial charge in [-0.15, -0.1) is 0 Å². The predicted octanol–water partition coefficient (Wildman–Crippen LogP) is 2.48. The zero-order chi connectivity index (χ0) is 23.8. The van der Waals surface area contributed by atoms with Gasteiger partial charge in [0.05, 0.1) is 28.5 Å². The van der Waals surface area contributed by atoms with Crippen molar-refractivity contribution in [3.63, 3.8) is 0 Å². The number of imidazole rings is 1. The summed E-state index contributed by atoms with van der Waals surface area (Å²) in [6, 6.07) is 5.05. The Kier molecular flexibility index (Phi) is 6.32. The molecule has 1 saturated heterocycles. The van der Waals surface area contributed by atoms with Crippen LogP contribution >= 0.6 is 0 Å². The molecule has 1 aromatic carbocycles. The quantitative estimate of drug-likeness (QED) is 0.589. The molecule has 0 bridgehead atoms. The molecule has 1 amide bonds. The summed E-state index contributed by atoms with van der Waals surface area (Å²) in [5.74, 6) is 1.23. The van der Waals surface area contributed by atoms with E-state index in [-0.39, 0.29) is 22.6 Å². The van der Waals surface area contributed by atoms with Gasteiger partial charge >= 0.3 is 0 Å².